The van der Waals surface area contributed by atoms with Gasteiger partial charge in [-0.05, 0) is 6.07 Å². The number of hydrogen-bond acceptors (Lipinski definition) is 3. The first-order chi connectivity index (χ1) is 6.33. The van der Waals surface area contributed by atoms with E-state index in [1.54, 1.807) is 24.7 Å². The lowest BCUT2D eigenvalue weighted by atomic mass is 10.1. The maximum absolute atomic E-state index is 11.3. The zero-order chi connectivity index (χ0) is 9.26. The number of rotatable bonds is 1. The van der Waals surface area contributed by atoms with Crippen LogP contribution in [0.1, 0.15) is 10.4 Å². The van der Waals surface area contributed by atoms with Crippen molar-refractivity contribution in [2.45, 2.75) is 0 Å². The Kier molecular flexibility index (Phi) is 1.73. The minimum absolute atomic E-state index is 0.341. The molecule has 0 bridgehead atoms. The molecule has 2 aliphatic rings. The van der Waals surface area contributed by atoms with Crippen molar-refractivity contribution in [3.63, 3.8) is 0 Å². The fraction of sp³-hybridized carbons (Fsp3) is 0.111. The van der Waals surface area contributed by atoms with Gasteiger partial charge in [0.15, 0.2) is 0 Å². The van der Waals surface area contributed by atoms with Gasteiger partial charge in [0.1, 0.15) is 0 Å². The Morgan fingerprint density at radius 3 is 3.15 bits per heavy atom. The number of carbonyl (C=O) groups is 1. The quantitative estimate of drug-likeness (QED) is 0.666. The maximum Gasteiger partial charge on any atom is 0.338 e. The van der Waals surface area contributed by atoms with Crippen LogP contribution in [-0.4, -0.2) is 23.0 Å². The average molecular weight is 176 g/mol. The van der Waals surface area contributed by atoms with Crippen LogP contribution in [0.3, 0.4) is 0 Å². The molecule has 0 spiro atoms. The largest absolute Gasteiger partial charge is 0.465 e. The van der Waals surface area contributed by atoms with Crippen molar-refractivity contribution in [3.05, 3.63) is 30.2 Å². The summed E-state index contributed by atoms with van der Waals surface area (Å²) in [6.07, 6.45) is 5.00. The number of nitrogens with zero attached hydrogens (tertiary/aromatic N) is 1. The summed E-state index contributed by atoms with van der Waals surface area (Å²) in [5.74, 6) is -0.341. The Labute approximate surface area is 74.9 Å². The van der Waals surface area contributed by atoms with Gasteiger partial charge in [-0.15, -0.1) is 0 Å². The number of aromatic amines is 1. The normalized spacial score (nSPS) is 10.2. The lowest BCUT2D eigenvalue weighted by Crippen LogP contribution is -2.03. The minimum atomic E-state index is -0.341. The van der Waals surface area contributed by atoms with E-state index in [9.17, 15) is 4.79 Å². The molecule has 66 valence electrons. The van der Waals surface area contributed by atoms with Crippen molar-refractivity contribution in [3.8, 4) is 11.3 Å². The maximum atomic E-state index is 11.3. The van der Waals surface area contributed by atoms with E-state index < -0.39 is 0 Å². The highest BCUT2D eigenvalue weighted by molar-refractivity contribution is 5.96. The number of ether oxygens (including phenoxy) is 1. The highest BCUT2D eigenvalue weighted by atomic mass is 16.5. The van der Waals surface area contributed by atoms with Crippen molar-refractivity contribution in [1.82, 2.24) is 9.97 Å². The van der Waals surface area contributed by atoms with Crippen LogP contribution in [0, 0.1) is 0 Å². The van der Waals surface area contributed by atoms with Crippen molar-refractivity contribution in [1.29, 1.82) is 0 Å². The molecule has 0 atom stereocenters. The number of carbonyl (C=O) groups excluding carboxylic acids is 1. The number of pyridine rings is 1. The SMILES string of the molecule is COC(=O)c1cc[nH]c2cncc1-2. The molecule has 1 N–H and O–H groups in total. The summed E-state index contributed by atoms with van der Waals surface area (Å²) in [4.78, 5) is 18.2. The van der Waals surface area contributed by atoms with E-state index >= 15 is 0 Å². The van der Waals surface area contributed by atoms with Gasteiger partial charge in [-0.25, -0.2) is 4.79 Å². The fourth-order valence-corrected chi connectivity index (χ4v) is 1.25. The first kappa shape index (κ1) is 7.79. The number of fused-ring (bicyclic) bond motifs is 1. The van der Waals surface area contributed by atoms with E-state index in [-0.39, 0.29) is 5.97 Å². The van der Waals surface area contributed by atoms with Crippen LogP contribution in [0.4, 0.5) is 0 Å². The van der Waals surface area contributed by atoms with Gasteiger partial charge in [-0.2, -0.15) is 0 Å². The number of nitrogens with one attached hydrogen (secondary N) is 1. The standard InChI is InChI=1S/C9H8N2O2/c1-13-9(12)6-2-3-11-8-5-10-4-7(6)8/h2-5,11H,1H3. The first-order valence-electron chi connectivity index (χ1n) is 3.82. The number of esters is 1. The van der Waals surface area contributed by atoms with Crippen LogP contribution in [0.25, 0.3) is 11.3 Å². The van der Waals surface area contributed by atoms with Crippen LogP contribution in [0.2, 0.25) is 0 Å². The van der Waals surface area contributed by atoms with Gasteiger partial charge in [-0.3, -0.25) is 4.98 Å². The Morgan fingerprint density at radius 2 is 2.38 bits per heavy atom. The summed E-state index contributed by atoms with van der Waals surface area (Å²) in [5, 5.41) is 0. The van der Waals surface area contributed by atoms with Crippen LogP contribution >= 0.6 is 0 Å². The van der Waals surface area contributed by atoms with Crippen LogP contribution in [-0.2, 0) is 4.74 Å². The molecular formula is C9H8N2O2. The molecule has 13 heavy (non-hydrogen) atoms. The third-order valence-corrected chi connectivity index (χ3v) is 1.88. The number of methoxy groups -OCH3 is 1. The lowest BCUT2D eigenvalue weighted by Gasteiger charge is -2.04. The van der Waals surface area contributed by atoms with Crippen LogP contribution in [0.15, 0.2) is 24.7 Å². The van der Waals surface area contributed by atoms with Crippen LogP contribution in [0.5, 0.6) is 0 Å². The number of aromatic nitrogens is 2. The Morgan fingerprint density at radius 1 is 1.54 bits per heavy atom. The highest BCUT2D eigenvalue weighted by Crippen LogP contribution is 2.22. The summed E-state index contributed by atoms with van der Waals surface area (Å²) in [7, 11) is 1.36. The Balaban J connectivity index is 2.58. The predicted octanol–water partition coefficient (Wildman–Crippen LogP) is 1.30. The fourth-order valence-electron chi connectivity index (χ4n) is 1.25. The summed E-state index contributed by atoms with van der Waals surface area (Å²) in [5.41, 5.74) is 2.16. The molecule has 0 saturated heterocycles. The summed E-state index contributed by atoms with van der Waals surface area (Å²) in [6.45, 7) is 0. The molecule has 2 aliphatic heterocycles. The molecule has 0 unspecified atom stereocenters. The van der Waals surface area contributed by atoms with Gasteiger partial charge in [0.2, 0.25) is 0 Å². The van der Waals surface area contributed by atoms with Gasteiger partial charge >= 0.3 is 5.97 Å². The third kappa shape index (κ3) is 1.16. The van der Waals surface area contributed by atoms with Crippen molar-refractivity contribution < 1.29 is 9.53 Å². The molecule has 0 aromatic rings. The molecule has 0 aliphatic carbocycles. The van der Waals surface area contributed by atoms with Crippen LogP contribution < -0.4 is 0 Å². The molecule has 0 amide bonds. The minimum Gasteiger partial charge on any atom is -0.465 e. The molecule has 0 aromatic carbocycles. The summed E-state index contributed by atoms with van der Waals surface area (Å²) >= 11 is 0. The van der Waals surface area contributed by atoms with Crippen molar-refractivity contribution >= 4 is 5.97 Å². The smallest absolute Gasteiger partial charge is 0.338 e. The second-order valence-corrected chi connectivity index (χ2v) is 2.62. The van der Waals surface area contributed by atoms with Gasteiger partial charge in [0.25, 0.3) is 0 Å². The second kappa shape index (κ2) is 2.90. The van der Waals surface area contributed by atoms with Gasteiger partial charge in [0, 0.05) is 18.0 Å². The molecule has 0 fully saturated rings. The Bertz CT molecular complexity index is 408. The van der Waals surface area contributed by atoms with E-state index in [0.717, 1.165) is 11.3 Å². The van der Waals surface area contributed by atoms with E-state index in [0.29, 0.717) is 5.56 Å². The predicted molar refractivity (Wildman–Crippen MR) is 46.5 cm³/mol. The number of hydrogen-bond donors (Lipinski definition) is 1. The monoisotopic (exact) mass is 176 g/mol. The molecule has 2 heterocycles. The first-order valence-corrected chi connectivity index (χ1v) is 3.82. The van der Waals surface area contributed by atoms with Gasteiger partial charge in [0.05, 0.1) is 24.6 Å². The molecule has 4 nitrogen and oxygen atoms in total. The van der Waals surface area contributed by atoms with Crippen molar-refractivity contribution in [2.75, 3.05) is 7.11 Å². The van der Waals surface area contributed by atoms with Gasteiger partial charge in [-0.1, -0.05) is 0 Å². The molecular weight excluding hydrogens is 168 g/mol. The van der Waals surface area contributed by atoms with E-state index in [4.69, 9.17) is 0 Å². The third-order valence-electron chi connectivity index (χ3n) is 1.88. The van der Waals surface area contributed by atoms with E-state index in [2.05, 4.69) is 14.7 Å². The second-order valence-electron chi connectivity index (χ2n) is 2.62. The lowest BCUT2D eigenvalue weighted by molar-refractivity contribution is 0.0601. The van der Waals surface area contributed by atoms with Gasteiger partial charge < -0.3 is 9.72 Å². The summed E-state index contributed by atoms with van der Waals surface area (Å²) in [6, 6.07) is 1.68. The Hall–Kier alpha value is -1.84. The van der Waals surface area contributed by atoms with E-state index in [1.807, 2.05) is 0 Å². The summed E-state index contributed by atoms with van der Waals surface area (Å²) < 4.78 is 4.63. The molecule has 4 heteroatoms. The topological polar surface area (TPSA) is 55.0 Å². The average Bonchev–Trinajstić information content (AvgIpc) is 2.63. The molecule has 0 radical (unpaired) electrons. The molecule has 2 rings (SSSR count). The molecule has 0 saturated carbocycles. The zero-order valence-electron chi connectivity index (χ0n) is 7.07. The molecule has 0 aromatic heterocycles. The number of H-pyrrole nitrogens is 1. The van der Waals surface area contributed by atoms with Crippen molar-refractivity contribution in [2.24, 2.45) is 0 Å². The van der Waals surface area contributed by atoms with E-state index in [1.165, 1.54) is 7.11 Å². The zero-order valence-corrected chi connectivity index (χ0v) is 7.07. The highest BCUT2D eigenvalue weighted by Gasteiger charge is 2.14.